The van der Waals surface area contributed by atoms with E-state index in [1.807, 2.05) is 102 Å². The van der Waals surface area contributed by atoms with E-state index in [2.05, 4.69) is 15.8 Å². The van der Waals surface area contributed by atoms with Crippen molar-refractivity contribution in [2.24, 2.45) is 5.16 Å². The minimum Gasteiger partial charge on any atom is -0.614 e. The molecule has 5 aromatic rings. The number of amides is 2. The molecule has 1 fully saturated rings. The number of thiazole rings is 1. The van der Waals surface area contributed by atoms with E-state index in [1.165, 1.54) is 25.4 Å². The summed E-state index contributed by atoms with van der Waals surface area (Å²) in [6.45, 7) is 2.38. The van der Waals surface area contributed by atoms with Gasteiger partial charge in [-0.3, -0.25) is 24.2 Å². The number of carbonyl (C=O) groups excluding carboxylic acids is 3. The van der Waals surface area contributed by atoms with Crippen LogP contribution in [-0.2, 0) is 53.8 Å². The Bertz CT molecular complexity index is 2380. The third-order valence-corrected chi connectivity index (χ3v) is 12.8. The van der Waals surface area contributed by atoms with Gasteiger partial charge < -0.3 is 29.9 Å². The van der Waals surface area contributed by atoms with E-state index in [9.17, 15) is 28.8 Å². The van der Waals surface area contributed by atoms with Gasteiger partial charge >= 0.3 is 11.9 Å². The van der Waals surface area contributed by atoms with Crippen LogP contribution < -0.4 is 15.4 Å². The Kier molecular flexibility index (Phi) is 11.0. The number of aromatic nitrogens is 1. The van der Waals surface area contributed by atoms with Crippen LogP contribution in [-0.4, -0.2) is 84.7 Å². The number of carbonyl (C=O) groups is 4. The first kappa shape index (κ1) is 39.5. The van der Waals surface area contributed by atoms with Crippen LogP contribution >= 0.6 is 11.3 Å². The molecule has 300 valence electrons. The van der Waals surface area contributed by atoms with Gasteiger partial charge in [0.05, 0.1) is 0 Å². The number of rotatable bonds is 13. The summed E-state index contributed by atoms with van der Waals surface area (Å²) >= 11 is -0.509. The number of ether oxygens (including phenoxy) is 1. The number of anilines is 1. The summed E-state index contributed by atoms with van der Waals surface area (Å²) in [4.78, 5) is 64.5. The Morgan fingerprint density at radius 1 is 0.949 bits per heavy atom. The highest BCUT2D eigenvalue weighted by atomic mass is 32.2. The molecular formula is C43H38N6O8S2. The molecule has 0 saturated carbocycles. The van der Waals surface area contributed by atoms with Gasteiger partial charge in [0.15, 0.2) is 16.9 Å². The van der Waals surface area contributed by atoms with Crippen LogP contribution in [0.2, 0.25) is 0 Å². The smallest absolute Gasteiger partial charge is 0.352 e. The number of benzene rings is 4. The zero-order valence-electron chi connectivity index (χ0n) is 31.9. The summed E-state index contributed by atoms with van der Waals surface area (Å²) in [7, 11) is 1.28. The van der Waals surface area contributed by atoms with Crippen molar-refractivity contribution in [3.63, 3.8) is 0 Å². The second-order valence-corrected chi connectivity index (χ2v) is 16.5. The van der Waals surface area contributed by atoms with Gasteiger partial charge in [0.1, 0.15) is 35.5 Å². The quantitative estimate of drug-likeness (QED) is 0.0287. The second kappa shape index (κ2) is 16.5. The van der Waals surface area contributed by atoms with Crippen LogP contribution in [0.5, 0.6) is 5.75 Å². The number of esters is 1. The van der Waals surface area contributed by atoms with Gasteiger partial charge in [-0.25, -0.2) is 9.78 Å². The Balaban J connectivity index is 1.02. The molecule has 4 heterocycles. The van der Waals surface area contributed by atoms with Crippen LogP contribution in [0.25, 0.3) is 0 Å². The molecule has 3 aliphatic heterocycles. The summed E-state index contributed by atoms with van der Waals surface area (Å²) in [5.74, 6) is -3.00. The van der Waals surface area contributed by atoms with Crippen molar-refractivity contribution in [2.75, 3.05) is 24.7 Å². The van der Waals surface area contributed by atoms with Crippen LogP contribution in [0.3, 0.4) is 0 Å². The van der Waals surface area contributed by atoms with Crippen molar-refractivity contribution >= 4 is 57.1 Å². The molecule has 0 spiro atoms. The maximum Gasteiger partial charge on any atom is 0.352 e. The zero-order valence-corrected chi connectivity index (χ0v) is 33.5. The lowest BCUT2D eigenvalue weighted by atomic mass is 9.77. The molecule has 2 amide bonds. The first-order valence-corrected chi connectivity index (χ1v) is 20.8. The van der Waals surface area contributed by atoms with Gasteiger partial charge in [0.2, 0.25) is 5.37 Å². The predicted molar refractivity (Wildman–Crippen MR) is 221 cm³/mol. The maximum absolute atomic E-state index is 13.9. The van der Waals surface area contributed by atoms with Crippen molar-refractivity contribution < 1.29 is 38.4 Å². The Hall–Kier alpha value is -6.33. The molecule has 8 rings (SSSR count). The van der Waals surface area contributed by atoms with E-state index < -0.39 is 51.9 Å². The second-order valence-electron chi connectivity index (χ2n) is 14.1. The van der Waals surface area contributed by atoms with E-state index in [0.29, 0.717) is 29.5 Å². The van der Waals surface area contributed by atoms with E-state index in [0.717, 1.165) is 32.7 Å². The van der Waals surface area contributed by atoms with E-state index in [1.54, 1.807) is 17.5 Å². The number of hydrogen-bond acceptors (Lipinski definition) is 12. The summed E-state index contributed by atoms with van der Waals surface area (Å²) in [6, 6.07) is 33.9. The van der Waals surface area contributed by atoms with Gasteiger partial charge in [-0.2, -0.15) is 0 Å². The highest BCUT2D eigenvalue weighted by Gasteiger charge is 2.61. The number of hydrogen-bond donors (Lipinski definition) is 3. The standard InChI is InChI=1S/C43H38N6O8S2/c1-26(50)57-33-19-18-27-21-48(22-28(27)20-33)23-29-25-59(55)40-36(39(52)49(40)37(29)41(53)54)45-38(51)35(47-56-2)34-24-58-42(44-34)46-43(30-12-6-3-7-13-30,31-14-8-4-9-15-31)32-16-10-5-11-17-32/h3-20,24,36,40H,21-23,25H2,1-2H3,(H,44,46)(H,45,51)(H,53,54)/b47-35-/t36?,40-,59?/m0/s1. The normalized spacial score (nSPS) is 19.0. The number of β-lactam (4-membered cyclic amide) rings is 1. The van der Waals surface area contributed by atoms with Crippen LogP contribution in [0.4, 0.5) is 5.13 Å². The molecule has 3 atom stereocenters. The number of aliphatic carboxylic acids is 1. The van der Waals surface area contributed by atoms with Crippen molar-refractivity contribution in [3.8, 4) is 5.75 Å². The maximum atomic E-state index is 13.9. The molecular weight excluding hydrogens is 793 g/mol. The van der Waals surface area contributed by atoms with E-state index in [-0.39, 0.29) is 29.4 Å². The SMILES string of the molecule is CO/N=C(\C(=O)NC1C(=O)N2C(C(=O)O)=C(CN3Cc4ccc(OC(C)=O)cc4C3)C[S+]([O-])[C@@H]12)c1csc(NC(c2ccccc2)(c2ccccc2)c2ccccc2)n1. The van der Waals surface area contributed by atoms with Gasteiger partial charge in [0, 0.05) is 37.5 Å². The van der Waals surface area contributed by atoms with Crippen molar-refractivity contribution in [1.82, 2.24) is 20.1 Å². The lowest BCUT2D eigenvalue weighted by Crippen LogP contribution is -2.75. The van der Waals surface area contributed by atoms with E-state index >= 15 is 0 Å². The average Bonchev–Trinajstić information content (AvgIpc) is 3.87. The third kappa shape index (κ3) is 7.58. The zero-order chi connectivity index (χ0) is 41.3. The Morgan fingerprint density at radius 2 is 1.56 bits per heavy atom. The minimum absolute atomic E-state index is 0.111. The number of nitrogens with one attached hydrogen (secondary N) is 2. The number of fused-ring (bicyclic) bond motifs is 2. The molecule has 3 aliphatic rings. The molecule has 14 nitrogen and oxygen atoms in total. The van der Waals surface area contributed by atoms with Gasteiger partial charge in [0.25, 0.3) is 11.8 Å². The highest BCUT2D eigenvalue weighted by molar-refractivity contribution is 7.92. The lowest BCUT2D eigenvalue weighted by molar-refractivity contribution is -0.150. The van der Waals surface area contributed by atoms with Gasteiger partial charge in [-0.05, 0) is 51.1 Å². The highest BCUT2D eigenvalue weighted by Crippen LogP contribution is 2.41. The number of carboxylic acids is 1. The molecule has 59 heavy (non-hydrogen) atoms. The monoisotopic (exact) mass is 830 g/mol. The molecule has 3 N–H and O–H groups in total. The minimum atomic E-state index is -1.76. The van der Waals surface area contributed by atoms with Gasteiger partial charge in [-0.1, -0.05) is 102 Å². The predicted octanol–water partition coefficient (Wildman–Crippen LogP) is 4.59. The lowest BCUT2D eigenvalue weighted by Gasteiger charge is -2.49. The summed E-state index contributed by atoms with van der Waals surface area (Å²) in [6.07, 6.45) is 0. The van der Waals surface area contributed by atoms with Crippen molar-refractivity contribution in [1.29, 1.82) is 0 Å². The summed E-state index contributed by atoms with van der Waals surface area (Å²) in [5, 5.41) is 21.6. The number of carboxylic acid groups (broad SMARTS) is 1. The van der Waals surface area contributed by atoms with Crippen molar-refractivity contribution in [2.45, 2.75) is 37.0 Å². The molecule has 1 aromatic heterocycles. The molecule has 0 radical (unpaired) electrons. The largest absolute Gasteiger partial charge is 0.614 e. The Morgan fingerprint density at radius 3 is 2.14 bits per heavy atom. The first-order valence-electron chi connectivity index (χ1n) is 18.6. The van der Waals surface area contributed by atoms with E-state index in [4.69, 9.17) is 14.6 Å². The topological polar surface area (TPSA) is 186 Å². The van der Waals surface area contributed by atoms with Gasteiger partial charge in [-0.15, -0.1) is 11.3 Å². The number of oxime groups is 1. The molecule has 0 bridgehead atoms. The van der Waals surface area contributed by atoms with Crippen LogP contribution in [0.1, 0.15) is 40.4 Å². The fraction of sp³-hybridized carbons (Fsp3) is 0.209. The molecule has 1 saturated heterocycles. The molecule has 0 aliphatic carbocycles. The summed E-state index contributed by atoms with van der Waals surface area (Å²) < 4.78 is 19.0. The molecule has 16 heteroatoms. The van der Waals surface area contributed by atoms with Crippen LogP contribution in [0, 0.1) is 0 Å². The third-order valence-electron chi connectivity index (χ3n) is 10.4. The fourth-order valence-electron chi connectivity index (χ4n) is 7.91. The average molecular weight is 831 g/mol. The Labute approximate surface area is 346 Å². The number of nitrogens with zero attached hydrogens (tertiary/aromatic N) is 4. The molecule has 2 unspecified atom stereocenters. The van der Waals surface area contributed by atoms with Crippen molar-refractivity contribution in [3.05, 3.63) is 159 Å². The van der Waals surface area contributed by atoms with Crippen LogP contribution in [0.15, 0.2) is 131 Å². The molecule has 4 aromatic carbocycles. The fourth-order valence-corrected chi connectivity index (χ4v) is 10.3. The first-order chi connectivity index (χ1) is 28.6. The summed E-state index contributed by atoms with van der Waals surface area (Å²) in [5.41, 5.74) is 3.87.